The van der Waals surface area contributed by atoms with E-state index in [0.29, 0.717) is 18.0 Å². The molecule has 1 amide bonds. The largest absolute Gasteiger partial charge is 0.350 e. The molecule has 1 aliphatic rings. The third-order valence-corrected chi connectivity index (χ3v) is 2.98. The van der Waals surface area contributed by atoms with Crippen LogP contribution >= 0.6 is 0 Å². The maximum absolute atomic E-state index is 11.8. The molecule has 1 aliphatic carbocycles. The summed E-state index contributed by atoms with van der Waals surface area (Å²) in [6.45, 7) is 2.38. The van der Waals surface area contributed by atoms with Crippen molar-refractivity contribution in [3.8, 4) is 0 Å². The number of aromatic nitrogens is 2. The van der Waals surface area contributed by atoms with Crippen LogP contribution in [0.2, 0.25) is 0 Å². The number of carbonyl (C=O) groups is 1. The van der Waals surface area contributed by atoms with Crippen molar-refractivity contribution in [2.24, 2.45) is 18.7 Å². The van der Waals surface area contributed by atoms with E-state index in [1.165, 1.54) is 12.8 Å². The van der Waals surface area contributed by atoms with Crippen LogP contribution in [0.3, 0.4) is 0 Å². The van der Waals surface area contributed by atoms with Crippen LogP contribution in [-0.2, 0) is 7.05 Å². The van der Waals surface area contributed by atoms with Gasteiger partial charge >= 0.3 is 0 Å². The fraction of sp³-hybridized carbons (Fsp3) is 0.636. The first-order valence-electron chi connectivity index (χ1n) is 5.62. The van der Waals surface area contributed by atoms with Crippen LogP contribution in [0.15, 0.2) is 6.20 Å². The maximum atomic E-state index is 11.8. The zero-order chi connectivity index (χ0) is 11.7. The SMILES string of the molecule is Cc1nn(C)cc1C(=O)NCC(N)C1CC1. The van der Waals surface area contributed by atoms with Gasteiger partial charge in [0.1, 0.15) is 0 Å². The van der Waals surface area contributed by atoms with E-state index >= 15 is 0 Å². The lowest BCUT2D eigenvalue weighted by Crippen LogP contribution is -2.38. The highest BCUT2D eigenvalue weighted by atomic mass is 16.1. The molecule has 0 bridgehead atoms. The highest BCUT2D eigenvalue weighted by Crippen LogP contribution is 2.31. The van der Waals surface area contributed by atoms with Gasteiger partial charge < -0.3 is 11.1 Å². The van der Waals surface area contributed by atoms with Gasteiger partial charge in [0, 0.05) is 25.8 Å². The minimum absolute atomic E-state index is 0.0818. The van der Waals surface area contributed by atoms with E-state index in [1.54, 1.807) is 17.9 Å². The summed E-state index contributed by atoms with van der Waals surface area (Å²) >= 11 is 0. The second-order valence-corrected chi connectivity index (χ2v) is 4.51. The number of amides is 1. The smallest absolute Gasteiger partial charge is 0.254 e. The maximum Gasteiger partial charge on any atom is 0.254 e. The van der Waals surface area contributed by atoms with Crippen LogP contribution < -0.4 is 11.1 Å². The molecule has 1 saturated carbocycles. The standard InChI is InChI=1S/C11H18N4O/c1-7-9(6-15(2)14-7)11(16)13-5-10(12)8-3-4-8/h6,8,10H,3-5,12H2,1-2H3,(H,13,16). The third-order valence-electron chi connectivity index (χ3n) is 2.98. The normalized spacial score (nSPS) is 17.2. The van der Waals surface area contributed by atoms with Gasteiger partial charge in [-0.3, -0.25) is 9.48 Å². The molecular weight excluding hydrogens is 204 g/mol. The number of hydrogen-bond donors (Lipinski definition) is 2. The Morgan fingerprint density at radius 3 is 2.94 bits per heavy atom. The Bertz CT molecular complexity index is 395. The van der Waals surface area contributed by atoms with Gasteiger partial charge in [0.25, 0.3) is 5.91 Å². The van der Waals surface area contributed by atoms with Gasteiger partial charge in [-0.2, -0.15) is 5.10 Å². The van der Waals surface area contributed by atoms with E-state index < -0.39 is 0 Å². The first kappa shape index (κ1) is 11.1. The number of rotatable bonds is 4. The number of nitrogens with one attached hydrogen (secondary N) is 1. The van der Waals surface area contributed by atoms with Crippen LogP contribution in [0.4, 0.5) is 0 Å². The minimum atomic E-state index is -0.0818. The van der Waals surface area contributed by atoms with Gasteiger partial charge in [-0.1, -0.05) is 0 Å². The fourth-order valence-electron chi connectivity index (χ4n) is 1.82. The number of aryl methyl sites for hydroxylation is 2. The average molecular weight is 222 g/mol. The van der Waals surface area contributed by atoms with Crippen LogP contribution in [0, 0.1) is 12.8 Å². The molecule has 0 spiro atoms. The average Bonchev–Trinajstić information content (AvgIpc) is 3.01. The molecule has 5 nitrogen and oxygen atoms in total. The molecule has 1 aromatic heterocycles. The van der Waals surface area contributed by atoms with E-state index in [2.05, 4.69) is 10.4 Å². The summed E-state index contributed by atoms with van der Waals surface area (Å²) in [6, 6.07) is 0.0981. The molecule has 1 aromatic rings. The van der Waals surface area contributed by atoms with Crippen LogP contribution in [-0.4, -0.2) is 28.3 Å². The van der Waals surface area contributed by atoms with Crippen LogP contribution in [0.5, 0.6) is 0 Å². The van der Waals surface area contributed by atoms with Crippen molar-refractivity contribution in [3.05, 3.63) is 17.5 Å². The lowest BCUT2D eigenvalue weighted by molar-refractivity contribution is 0.0949. The molecule has 0 aromatic carbocycles. The number of nitrogens with two attached hydrogens (primary N) is 1. The lowest BCUT2D eigenvalue weighted by atomic mass is 10.2. The zero-order valence-electron chi connectivity index (χ0n) is 9.73. The van der Waals surface area contributed by atoms with E-state index in [0.717, 1.165) is 5.69 Å². The Morgan fingerprint density at radius 2 is 2.44 bits per heavy atom. The summed E-state index contributed by atoms with van der Waals surface area (Å²) in [5, 5.41) is 6.99. The van der Waals surface area contributed by atoms with Gasteiger partial charge in [0.2, 0.25) is 0 Å². The topological polar surface area (TPSA) is 72.9 Å². The van der Waals surface area contributed by atoms with Gasteiger partial charge in [0.15, 0.2) is 0 Å². The van der Waals surface area contributed by atoms with Crippen molar-refractivity contribution in [2.45, 2.75) is 25.8 Å². The van der Waals surface area contributed by atoms with Crippen molar-refractivity contribution in [3.63, 3.8) is 0 Å². The summed E-state index contributed by atoms with van der Waals surface area (Å²) < 4.78 is 1.64. The minimum Gasteiger partial charge on any atom is -0.350 e. The van der Waals surface area contributed by atoms with Gasteiger partial charge in [-0.25, -0.2) is 0 Å². The van der Waals surface area contributed by atoms with Crippen LogP contribution in [0.1, 0.15) is 28.9 Å². The molecule has 0 saturated heterocycles. The molecular formula is C11H18N4O. The summed E-state index contributed by atoms with van der Waals surface area (Å²) in [7, 11) is 1.81. The van der Waals surface area contributed by atoms with Crippen molar-refractivity contribution >= 4 is 5.91 Å². The Balaban J connectivity index is 1.89. The van der Waals surface area contributed by atoms with Gasteiger partial charge in [-0.05, 0) is 25.7 Å². The summed E-state index contributed by atoms with van der Waals surface area (Å²) in [5.41, 5.74) is 7.29. The molecule has 5 heteroatoms. The predicted octanol–water partition coefficient (Wildman–Crippen LogP) is 0.196. The molecule has 1 unspecified atom stereocenters. The Hall–Kier alpha value is -1.36. The van der Waals surface area contributed by atoms with Crippen molar-refractivity contribution in [1.82, 2.24) is 15.1 Å². The highest BCUT2D eigenvalue weighted by molar-refractivity contribution is 5.95. The summed E-state index contributed by atoms with van der Waals surface area (Å²) in [4.78, 5) is 11.8. The molecule has 1 atom stereocenters. The Labute approximate surface area is 95.0 Å². The molecule has 0 aliphatic heterocycles. The van der Waals surface area contributed by atoms with E-state index in [1.807, 2.05) is 6.92 Å². The van der Waals surface area contributed by atoms with E-state index in [9.17, 15) is 4.79 Å². The molecule has 2 rings (SSSR count). The second kappa shape index (κ2) is 4.25. The fourth-order valence-corrected chi connectivity index (χ4v) is 1.82. The number of nitrogens with zero attached hydrogens (tertiary/aromatic N) is 2. The van der Waals surface area contributed by atoms with Crippen molar-refractivity contribution < 1.29 is 4.79 Å². The van der Waals surface area contributed by atoms with E-state index in [4.69, 9.17) is 5.73 Å². The second-order valence-electron chi connectivity index (χ2n) is 4.51. The Kier molecular flexibility index (Phi) is 2.96. The van der Waals surface area contributed by atoms with Crippen molar-refractivity contribution in [1.29, 1.82) is 0 Å². The molecule has 88 valence electrons. The number of hydrogen-bond acceptors (Lipinski definition) is 3. The quantitative estimate of drug-likeness (QED) is 0.764. The monoisotopic (exact) mass is 222 g/mol. The summed E-state index contributed by atoms with van der Waals surface area (Å²) in [5.74, 6) is 0.525. The third kappa shape index (κ3) is 2.41. The summed E-state index contributed by atoms with van der Waals surface area (Å²) in [6.07, 6.45) is 4.12. The van der Waals surface area contributed by atoms with Gasteiger partial charge in [0.05, 0.1) is 11.3 Å². The molecule has 3 N–H and O–H groups in total. The first-order valence-corrected chi connectivity index (χ1v) is 5.62. The molecule has 1 heterocycles. The Morgan fingerprint density at radius 1 is 1.75 bits per heavy atom. The predicted molar refractivity (Wildman–Crippen MR) is 61.0 cm³/mol. The number of carbonyl (C=O) groups excluding carboxylic acids is 1. The molecule has 16 heavy (non-hydrogen) atoms. The highest BCUT2D eigenvalue weighted by Gasteiger charge is 2.28. The molecule has 0 radical (unpaired) electrons. The van der Waals surface area contributed by atoms with Crippen LogP contribution in [0.25, 0.3) is 0 Å². The lowest BCUT2D eigenvalue weighted by Gasteiger charge is -2.10. The van der Waals surface area contributed by atoms with E-state index in [-0.39, 0.29) is 11.9 Å². The zero-order valence-corrected chi connectivity index (χ0v) is 9.73. The van der Waals surface area contributed by atoms with Gasteiger partial charge in [-0.15, -0.1) is 0 Å². The van der Waals surface area contributed by atoms with Crippen molar-refractivity contribution in [2.75, 3.05) is 6.54 Å². The first-order chi connectivity index (χ1) is 7.58. The molecule has 1 fully saturated rings.